The third-order valence-electron chi connectivity index (χ3n) is 1.95. The number of aromatic nitrogens is 1. The molecule has 0 N–H and O–H groups in total. The van der Waals surface area contributed by atoms with E-state index in [0.717, 1.165) is 7.11 Å². The first-order valence-corrected chi connectivity index (χ1v) is 5.53. The van der Waals surface area contributed by atoms with E-state index in [1.807, 2.05) is 0 Å². The molecule has 0 aliphatic heterocycles. The lowest BCUT2D eigenvalue weighted by Crippen LogP contribution is -2.12. The topological polar surface area (TPSA) is 63.0 Å². The molecule has 0 aromatic carbocycles. The van der Waals surface area contributed by atoms with E-state index in [1.165, 1.54) is 6.07 Å². The molecule has 1 rings (SSSR count). The standard InChI is InChI=1S/C10H7BrF2N2O2/c1-17-10(16)7-5(4-14)2-6(3-11)15-8(7)9(12)13/h2,9H,3H2,1H3. The van der Waals surface area contributed by atoms with Gasteiger partial charge in [0.15, 0.2) is 0 Å². The van der Waals surface area contributed by atoms with Crippen LogP contribution in [0.1, 0.15) is 33.7 Å². The zero-order valence-corrected chi connectivity index (χ0v) is 10.3. The van der Waals surface area contributed by atoms with E-state index in [2.05, 4.69) is 25.7 Å². The molecule has 0 spiro atoms. The molecule has 90 valence electrons. The summed E-state index contributed by atoms with van der Waals surface area (Å²) in [6, 6.07) is 2.96. The number of carbonyl (C=O) groups is 1. The average Bonchev–Trinajstić information content (AvgIpc) is 2.35. The van der Waals surface area contributed by atoms with Gasteiger partial charge in [-0.05, 0) is 6.07 Å². The number of esters is 1. The Morgan fingerprint density at radius 2 is 2.35 bits per heavy atom. The molecule has 1 aromatic heterocycles. The van der Waals surface area contributed by atoms with Crippen LogP contribution in [0, 0.1) is 11.3 Å². The number of rotatable bonds is 3. The van der Waals surface area contributed by atoms with Crippen molar-refractivity contribution < 1.29 is 18.3 Å². The molecule has 0 bridgehead atoms. The maximum absolute atomic E-state index is 12.8. The molecule has 0 atom stereocenters. The van der Waals surface area contributed by atoms with Crippen molar-refractivity contribution in [2.24, 2.45) is 0 Å². The summed E-state index contributed by atoms with van der Waals surface area (Å²) in [5.74, 6) is -0.995. The maximum Gasteiger partial charge on any atom is 0.341 e. The van der Waals surface area contributed by atoms with Crippen molar-refractivity contribution in [2.75, 3.05) is 7.11 Å². The van der Waals surface area contributed by atoms with E-state index >= 15 is 0 Å². The van der Waals surface area contributed by atoms with Gasteiger partial charge in [0.05, 0.1) is 18.4 Å². The van der Waals surface area contributed by atoms with Gasteiger partial charge >= 0.3 is 5.97 Å². The second kappa shape index (κ2) is 5.68. The first-order chi connectivity index (χ1) is 8.04. The number of halogens is 3. The SMILES string of the molecule is COC(=O)c1c(C#N)cc(CBr)nc1C(F)F. The van der Waals surface area contributed by atoms with Crippen molar-refractivity contribution in [2.45, 2.75) is 11.8 Å². The van der Waals surface area contributed by atoms with Crippen molar-refractivity contribution in [3.63, 3.8) is 0 Å². The second-order valence-corrected chi connectivity index (χ2v) is 3.52. The van der Waals surface area contributed by atoms with E-state index in [1.54, 1.807) is 6.07 Å². The van der Waals surface area contributed by atoms with Crippen LogP contribution in [0.3, 0.4) is 0 Å². The zero-order chi connectivity index (χ0) is 13.0. The van der Waals surface area contributed by atoms with Crippen molar-refractivity contribution in [3.8, 4) is 6.07 Å². The van der Waals surface area contributed by atoms with E-state index in [4.69, 9.17) is 5.26 Å². The van der Waals surface area contributed by atoms with E-state index in [9.17, 15) is 13.6 Å². The number of ether oxygens (including phenoxy) is 1. The molecule has 0 saturated carbocycles. The second-order valence-electron chi connectivity index (χ2n) is 2.96. The summed E-state index contributed by atoms with van der Waals surface area (Å²) in [5.41, 5.74) is -1.12. The number of hydrogen-bond donors (Lipinski definition) is 0. The summed E-state index contributed by atoms with van der Waals surface area (Å²) in [6.07, 6.45) is -2.95. The minimum Gasteiger partial charge on any atom is -0.465 e. The van der Waals surface area contributed by atoms with Crippen LogP contribution in [0.5, 0.6) is 0 Å². The molecule has 1 aromatic rings. The Bertz CT molecular complexity index is 486. The van der Waals surface area contributed by atoms with Crippen molar-refractivity contribution in [1.29, 1.82) is 5.26 Å². The minimum absolute atomic E-state index is 0.170. The molecule has 4 nitrogen and oxygen atoms in total. The van der Waals surface area contributed by atoms with Crippen LogP contribution in [0.15, 0.2) is 6.07 Å². The van der Waals surface area contributed by atoms with Gasteiger partial charge in [0.2, 0.25) is 0 Å². The number of methoxy groups -OCH3 is 1. The van der Waals surface area contributed by atoms with Crippen molar-refractivity contribution in [3.05, 3.63) is 28.6 Å². The van der Waals surface area contributed by atoms with Gasteiger partial charge in [-0.3, -0.25) is 0 Å². The first kappa shape index (κ1) is 13.5. The molecule has 0 saturated heterocycles. The number of nitriles is 1. The highest BCUT2D eigenvalue weighted by Crippen LogP contribution is 2.25. The molecular formula is C10H7BrF2N2O2. The quantitative estimate of drug-likeness (QED) is 0.636. The van der Waals surface area contributed by atoms with Gasteiger partial charge in [0.25, 0.3) is 6.43 Å². The third kappa shape index (κ3) is 2.77. The predicted molar refractivity (Wildman–Crippen MR) is 57.9 cm³/mol. The highest BCUT2D eigenvalue weighted by Gasteiger charge is 2.25. The summed E-state index contributed by atoms with van der Waals surface area (Å²) < 4.78 is 29.9. The number of alkyl halides is 3. The lowest BCUT2D eigenvalue weighted by Gasteiger charge is -2.09. The van der Waals surface area contributed by atoms with Gasteiger partial charge in [-0.15, -0.1) is 0 Å². The van der Waals surface area contributed by atoms with Crippen LogP contribution in [-0.2, 0) is 10.1 Å². The maximum atomic E-state index is 12.8. The number of carbonyl (C=O) groups excluding carboxylic acids is 1. The fourth-order valence-corrected chi connectivity index (χ4v) is 1.54. The van der Waals surface area contributed by atoms with Gasteiger partial charge in [-0.1, -0.05) is 15.9 Å². The van der Waals surface area contributed by atoms with Crippen molar-refractivity contribution >= 4 is 21.9 Å². The Labute approximate surface area is 104 Å². The van der Waals surface area contributed by atoms with Gasteiger partial charge in [0.1, 0.15) is 17.3 Å². The van der Waals surface area contributed by atoms with Crippen molar-refractivity contribution in [1.82, 2.24) is 4.98 Å². The van der Waals surface area contributed by atoms with Gasteiger partial charge in [-0.25, -0.2) is 18.6 Å². The van der Waals surface area contributed by atoms with Crippen LogP contribution >= 0.6 is 15.9 Å². The number of pyridine rings is 1. The Morgan fingerprint density at radius 1 is 1.71 bits per heavy atom. The van der Waals surface area contributed by atoms with Crippen LogP contribution in [-0.4, -0.2) is 18.1 Å². The highest BCUT2D eigenvalue weighted by atomic mass is 79.9. The molecule has 17 heavy (non-hydrogen) atoms. The molecule has 0 aliphatic rings. The monoisotopic (exact) mass is 304 g/mol. The number of nitrogens with zero attached hydrogens (tertiary/aromatic N) is 2. The molecular weight excluding hydrogens is 298 g/mol. The summed E-state index contributed by atoms with van der Waals surface area (Å²) in [5, 5.41) is 9.05. The molecule has 0 radical (unpaired) electrons. The molecule has 1 heterocycles. The lowest BCUT2D eigenvalue weighted by molar-refractivity contribution is 0.0586. The lowest BCUT2D eigenvalue weighted by atomic mass is 10.1. The van der Waals surface area contributed by atoms with Gasteiger partial charge in [0, 0.05) is 5.33 Å². The Balaban J connectivity index is 3.53. The molecule has 7 heteroatoms. The van der Waals surface area contributed by atoms with Crippen LogP contribution in [0.25, 0.3) is 0 Å². The minimum atomic E-state index is -2.95. The largest absolute Gasteiger partial charge is 0.465 e. The normalized spacial score (nSPS) is 10.1. The van der Waals surface area contributed by atoms with E-state index in [-0.39, 0.29) is 16.6 Å². The summed E-state index contributed by atoms with van der Waals surface area (Å²) >= 11 is 3.05. The predicted octanol–water partition coefficient (Wildman–Crippen LogP) is 2.57. The van der Waals surface area contributed by atoms with Gasteiger partial charge in [-0.2, -0.15) is 5.26 Å². The zero-order valence-electron chi connectivity index (χ0n) is 8.71. The highest BCUT2D eigenvalue weighted by molar-refractivity contribution is 9.08. The Morgan fingerprint density at radius 3 is 2.76 bits per heavy atom. The molecule has 0 fully saturated rings. The molecule has 0 unspecified atom stereocenters. The first-order valence-electron chi connectivity index (χ1n) is 4.41. The molecule has 0 amide bonds. The average molecular weight is 305 g/mol. The summed E-state index contributed by atoms with van der Waals surface area (Å²) in [6.45, 7) is 0. The fraction of sp³-hybridized carbons (Fsp3) is 0.300. The fourth-order valence-electron chi connectivity index (χ4n) is 1.25. The summed E-state index contributed by atoms with van der Waals surface area (Å²) in [4.78, 5) is 15.0. The van der Waals surface area contributed by atoms with E-state index < -0.39 is 23.7 Å². The number of hydrogen-bond acceptors (Lipinski definition) is 4. The smallest absolute Gasteiger partial charge is 0.341 e. The van der Waals surface area contributed by atoms with Crippen LogP contribution < -0.4 is 0 Å². The van der Waals surface area contributed by atoms with Gasteiger partial charge < -0.3 is 4.74 Å². The molecule has 0 aliphatic carbocycles. The summed E-state index contributed by atoms with van der Waals surface area (Å²) in [7, 11) is 1.05. The Kier molecular flexibility index (Phi) is 4.52. The van der Waals surface area contributed by atoms with Crippen LogP contribution in [0.2, 0.25) is 0 Å². The van der Waals surface area contributed by atoms with Crippen LogP contribution in [0.4, 0.5) is 8.78 Å². The van der Waals surface area contributed by atoms with E-state index in [0.29, 0.717) is 0 Å². The Hall–Kier alpha value is -1.55. The third-order valence-corrected chi connectivity index (χ3v) is 2.53.